The van der Waals surface area contributed by atoms with Crippen LogP contribution < -0.4 is 4.74 Å². The Morgan fingerprint density at radius 2 is 2.23 bits per heavy atom. The molecule has 0 unspecified atom stereocenters. The molecule has 4 heteroatoms. The third kappa shape index (κ3) is 1.47. The fourth-order valence-electron chi connectivity index (χ4n) is 1.11. The molecule has 0 saturated heterocycles. The van der Waals surface area contributed by atoms with E-state index in [2.05, 4.69) is 0 Å². The summed E-state index contributed by atoms with van der Waals surface area (Å²) < 4.78 is 17.9. The minimum absolute atomic E-state index is 0.0388. The highest BCUT2D eigenvalue weighted by Gasteiger charge is 2.15. The summed E-state index contributed by atoms with van der Waals surface area (Å²) in [6.45, 7) is 1.59. The van der Waals surface area contributed by atoms with Crippen LogP contribution in [0.2, 0.25) is 0 Å². The van der Waals surface area contributed by atoms with E-state index in [1.807, 2.05) is 0 Å². The number of ether oxygens (including phenoxy) is 1. The number of halogens is 1. The molecule has 0 fully saturated rings. The lowest BCUT2D eigenvalue weighted by Crippen LogP contribution is -1.95. The van der Waals surface area contributed by atoms with Gasteiger partial charge in [-0.3, -0.25) is 4.79 Å². The van der Waals surface area contributed by atoms with Gasteiger partial charge in [0.15, 0.2) is 17.8 Å². The molecule has 0 spiro atoms. The maximum absolute atomic E-state index is 13.2. The molecule has 0 amide bonds. The van der Waals surface area contributed by atoms with E-state index >= 15 is 0 Å². The van der Waals surface area contributed by atoms with E-state index in [1.165, 1.54) is 13.2 Å². The van der Waals surface area contributed by atoms with Crippen LogP contribution in [0.4, 0.5) is 4.39 Å². The lowest BCUT2D eigenvalue weighted by atomic mass is 10.1. The quantitative estimate of drug-likeness (QED) is 0.711. The van der Waals surface area contributed by atoms with Crippen molar-refractivity contribution in [2.45, 2.75) is 6.92 Å². The van der Waals surface area contributed by atoms with Gasteiger partial charge in [0.25, 0.3) is 0 Å². The SMILES string of the molecule is COc1c(C)cc(C=O)c(O)c1F. The average molecular weight is 184 g/mol. The van der Waals surface area contributed by atoms with Crippen LogP contribution in [-0.4, -0.2) is 18.5 Å². The molecule has 1 aromatic rings. The van der Waals surface area contributed by atoms with Crippen molar-refractivity contribution in [1.29, 1.82) is 0 Å². The fraction of sp³-hybridized carbons (Fsp3) is 0.222. The molecule has 0 bridgehead atoms. The van der Waals surface area contributed by atoms with Crippen LogP contribution in [0.25, 0.3) is 0 Å². The molecule has 1 N–H and O–H groups in total. The van der Waals surface area contributed by atoms with Gasteiger partial charge >= 0.3 is 0 Å². The van der Waals surface area contributed by atoms with E-state index in [9.17, 15) is 9.18 Å². The molecule has 0 atom stereocenters. The Morgan fingerprint density at radius 1 is 1.62 bits per heavy atom. The summed E-state index contributed by atoms with van der Waals surface area (Å²) in [6.07, 6.45) is 0.394. The van der Waals surface area contributed by atoms with Crippen molar-refractivity contribution < 1.29 is 19.0 Å². The van der Waals surface area contributed by atoms with Crippen LogP contribution in [0.15, 0.2) is 6.07 Å². The molecule has 1 rings (SSSR count). The van der Waals surface area contributed by atoms with Gasteiger partial charge < -0.3 is 9.84 Å². The number of methoxy groups -OCH3 is 1. The van der Waals surface area contributed by atoms with E-state index < -0.39 is 11.6 Å². The number of rotatable bonds is 2. The van der Waals surface area contributed by atoms with Crippen LogP contribution >= 0.6 is 0 Å². The monoisotopic (exact) mass is 184 g/mol. The predicted octanol–water partition coefficient (Wildman–Crippen LogP) is 1.66. The number of hydrogen-bond acceptors (Lipinski definition) is 3. The van der Waals surface area contributed by atoms with Gasteiger partial charge in [0, 0.05) is 0 Å². The summed E-state index contributed by atoms with van der Waals surface area (Å²) in [5.74, 6) is -1.61. The fourth-order valence-corrected chi connectivity index (χ4v) is 1.11. The number of carbonyl (C=O) groups is 1. The van der Waals surface area contributed by atoms with Gasteiger partial charge in [0.1, 0.15) is 0 Å². The minimum atomic E-state index is -0.899. The summed E-state index contributed by atoms with van der Waals surface area (Å²) in [6, 6.07) is 1.37. The largest absolute Gasteiger partial charge is 0.504 e. The van der Waals surface area contributed by atoms with Gasteiger partial charge in [0.2, 0.25) is 5.82 Å². The second-order valence-corrected chi connectivity index (χ2v) is 2.60. The summed E-state index contributed by atoms with van der Waals surface area (Å²) in [5, 5.41) is 9.15. The van der Waals surface area contributed by atoms with Gasteiger partial charge in [-0.25, -0.2) is 0 Å². The van der Waals surface area contributed by atoms with Gasteiger partial charge in [-0.1, -0.05) is 0 Å². The summed E-state index contributed by atoms with van der Waals surface area (Å²) in [5.41, 5.74) is 0.399. The standard InChI is InChI=1S/C9H9FO3/c1-5-3-6(4-11)8(12)7(10)9(5)13-2/h3-4,12H,1-2H3. The maximum atomic E-state index is 13.2. The van der Waals surface area contributed by atoms with Crippen LogP contribution in [-0.2, 0) is 0 Å². The Kier molecular flexibility index (Phi) is 2.51. The first-order valence-corrected chi connectivity index (χ1v) is 3.63. The molecule has 0 aliphatic heterocycles. The van der Waals surface area contributed by atoms with Crippen molar-refractivity contribution in [2.24, 2.45) is 0 Å². The van der Waals surface area contributed by atoms with Crippen molar-refractivity contribution in [3.63, 3.8) is 0 Å². The molecule has 0 heterocycles. The highest BCUT2D eigenvalue weighted by molar-refractivity contribution is 5.80. The smallest absolute Gasteiger partial charge is 0.207 e. The summed E-state index contributed by atoms with van der Waals surface area (Å²) in [4.78, 5) is 10.4. The van der Waals surface area contributed by atoms with Crippen molar-refractivity contribution >= 4 is 6.29 Å². The molecule has 0 radical (unpaired) electrons. The molecule has 1 aromatic carbocycles. The number of hydrogen-bond donors (Lipinski definition) is 1. The van der Waals surface area contributed by atoms with Crippen molar-refractivity contribution in [1.82, 2.24) is 0 Å². The van der Waals surface area contributed by atoms with Crippen LogP contribution in [0.1, 0.15) is 15.9 Å². The zero-order valence-electron chi connectivity index (χ0n) is 7.30. The second kappa shape index (κ2) is 3.43. The highest BCUT2D eigenvalue weighted by atomic mass is 19.1. The van der Waals surface area contributed by atoms with Crippen LogP contribution in [0.5, 0.6) is 11.5 Å². The molecular formula is C9H9FO3. The first-order valence-electron chi connectivity index (χ1n) is 3.63. The average Bonchev–Trinajstić information content (AvgIpc) is 2.12. The molecule has 3 nitrogen and oxygen atoms in total. The number of aryl methyl sites for hydroxylation is 1. The molecule has 13 heavy (non-hydrogen) atoms. The predicted molar refractivity (Wildman–Crippen MR) is 44.7 cm³/mol. The number of carbonyl (C=O) groups excluding carboxylic acids is 1. The number of aldehydes is 1. The molecule has 0 saturated carbocycles. The maximum Gasteiger partial charge on any atom is 0.207 e. The zero-order chi connectivity index (χ0) is 10.0. The Balaban J connectivity index is 3.45. The van der Waals surface area contributed by atoms with Gasteiger partial charge in [-0.05, 0) is 18.6 Å². The number of benzene rings is 1. The van der Waals surface area contributed by atoms with E-state index in [0.29, 0.717) is 11.8 Å². The topological polar surface area (TPSA) is 46.5 Å². The molecule has 0 aliphatic carbocycles. The first kappa shape index (κ1) is 9.51. The Bertz CT molecular complexity index is 347. The van der Waals surface area contributed by atoms with E-state index in [-0.39, 0.29) is 11.3 Å². The minimum Gasteiger partial charge on any atom is -0.504 e. The lowest BCUT2D eigenvalue weighted by molar-refractivity contribution is 0.112. The summed E-state index contributed by atoms with van der Waals surface area (Å²) in [7, 11) is 1.30. The highest BCUT2D eigenvalue weighted by Crippen LogP contribution is 2.31. The van der Waals surface area contributed by atoms with Crippen LogP contribution in [0, 0.1) is 12.7 Å². The van der Waals surface area contributed by atoms with E-state index in [1.54, 1.807) is 6.92 Å². The number of phenolic OH excluding ortho intramolecular Hbond substituents is 1. The van der Waals surface area contributed by atoms with E-state index in [0.717, 1.165) is 0 Å². The van der Waals surface area contributed by atoms with Crippen LogP contribution in [0.3, 0.4) is 0 Å². The lowest BCUT2D eigenvalue weighted by Gasteiger charge is -2.08. The van der Waals surface area contributed by atoms with Crippen molar-refractivity contribution in [3.05, 3.63) is 23.0 Å². The second-order valence-electron chi connectivity index (χ2n) is 2.60. The third-order valence-corrected chi connectivity index (χ3v) is 1.74. The molecule has 0 aliphatic rings. The van der Waals surface area contributed by atoms with Gasteiger partial charge in [-0.2, -0.15) is 4.39 Å². The molecule has 0 aromatic heterocycles. The normalized spacial score (nSPS) is 9.77. The Morgan fingerprint density at radius 3 is 2.69 bits per heavy atom. The first-order chi connectivity index (χ1) is 6.11. The number of aromatic hydroxyl groups is 1. The Hall–Kier alpha value is -1.58. The molecular weight excluding hydrogens is 175 g/mol. The van der Waals surface area contributed by atoms with E-state index in [4.69, 9.17) is 9.84 Å². The third-order valence-electron chi connectivity index (χ3n) is 1.74. The van der Waals surface area contributed by atoms with Crippen molar-refractivity contribution in [3.8, 4) is 11.5 Å². The van der Waals surface area contributed by atoms with Crippen molar-refractivity contribution in [2.75, 3.05) is 7.11 Å². The zero-order valence-corrected chi connectivity index (χ0v) is 7.30. The van der Waals surface area contributed by atoms with Gasteiger partial charge in [-0.15, -0.1) is 0 Å². The van der Waals surface area contributed by atoms with Gasteiger partial charge in [0.05, 0.1) is 12.7 Å². The number of phenols is 1. The Labute approximate surface area is 74.8 Å². The molecule has 70 valence electrons. The summed E-state index contributed by atoms with van der Waals surface area (Å²) >= 11 is 0.